The summed E-state index contributed by atoms with van der Waals surface area (Å²) in [5.41, 5.74) is 0.0306. The molecule has 0 radical (unpaired) electrons. The Morgan fingerprint density at radius 3 is 2.50 bits per heavy atom. The van der Waals surface area contributed by atoms with Crippen LogP contribution in [0.1, 0.15) is 37.4 Å². The van der Waals surface area contributed by atoms with E-state index in [1.54, 1.807) is 0 Å². The number of rotatable bonds is 5. The van der Waals surface area contributed by atoms with Gasteiger partial charge < -0.3 is 0 Å². The minimum absolute atomic E-state index is 0.606. The fourth-order valence-corrected chi connectivity index (χ4v) is 2.01. The molecule has 1 saturated carbocycles. The SMILES string of the molecule is CCCN(Cc1ccc(C(F)(F)F)cn1)C1CC1. The molecule has 0 saturated heterocycles. The van der Waals surface area contributed by atoms with Crippen LogP contribution in [0.3, 0.4) is 0 Å². The van der Waals surface area contributed by atoms with Crippen molar-refractivity contribution >= 4 is 0 Å². The van der Waals surface area contributed by atoms with Crippen molar-refractivity contribution < 1.29 is 13.2 Å². The molecule has 2 rings (SSSR count). The first-order valence-electron chi connectivity index (χ1n) is 6.27. The van der Waals surface area contributed by atoms with E-state index in [0.717, 1.165) is 25.2 Å². The van der Waals surface area contributed by atoms with Crippen LogP contribution in [-0.2, 0) is 12.7 Å². The predicted octanol–water partition coefficient (Wildman–Crippen LogP) is 3.47. The fourth-order valence-electron chi connectivity index (χ4n) is 2.01. The molecule has 2 nitrogen and oxygen atoms in total. The highest BCUT2D eigenvalue weighted by molar-refractivity contribution is 5.17. The van der Waals surface area contributed by atoms with Gasteiger partial charge in [0.25, 0.3) is 0 Å². The summed E-state index contributed by atoms with van der Waals surface area (Å²) in [5, 5.41) is 0. The standard InChI is InChI=1S/C13H17F3N2/c1-2-7-18(12-5-6-12)9-11-4-3-10(8-17-11)13(14,15)16/h3-4,8,12H,2,5-7,9H2,1H3. The van der Waals surface area contributed by atoms with Crippen molar-refractivity contribution in [2.45, 2.75) is 44.9 Å². The van der Waals surface area contributed by atoms with Crippen LogP contribution >= 0.6 is 0 Å². The third kappa shape index (κ3) is 3.45. The van der Waals surface area contributed by atoms with Crippen LogP contribution < -0.4 is 0 Å². The van der Waals surface area contributed by atoms with Gasteiger partial charge in [-0.05, 0) is 37.9 Å². The Kier molecular flexibility index (Phi) is 3.90. The number of alkyl halides is 3. The first-order chi connectivity index (χ1) is 8.50. The Bertz CT molecular complexity index is 382. The molecule has 1 fully saturated rings. The minimum atomic E-state index is -4.30. The molecule has 0 unspecified atom stereocenters. The average molecular weight is 258 g/mol. The number of hydrogen-bond acceptors (Lipinski definition) is 2. The summed E-state index contributed by atoms with van der Waals surface area (Å²) in [6.07, 6.45) is 0.0654. The van der Waals surface area contributed by atoms with Gasteiger partial charge in [0.1, 0.15) is 0 Å². The van der Waals surface area contributed by atoms with Gasteiger partial charge in [-0.1, -0.05) is 6.92 Å². The summed E-state index contributed by atoms with van der Waals surface area (Å²) in [7, 11) is 0. The predicted molar refractivity (Wildman–Crippen MR) is 63.0 cm³/mol. The molecule has 1 aromatic rings. The summed E-state index contributed by atoms with van der Waals surface area (Å²) in [4.78, 5) is 6.22. The van der Waals surface area contributed by atoms with E-state index in [4.69, 9.17) is 0 Å². The summed E-state index contributed by atoms with van der Waals surface area (Å²) in [6, 6.07) is 3.20. The maximum atomic E-state index is 12.4. The van der Waals surface area contributed by atoms with Gasteiger partial charge in [0.15, 0.2) is 0 Å². The number of nitrogens with zero attached hydrogens (tertiary/aromatic N) is 2. The summed E-state index contributed by atoms with van der Waals surface area (Å²) in [6.45, 7) is 3.74. The molecule has 0 aromatic carbocycles. The molecule has 0 atom stereocenters. The topological polar surface area (TPSA) is 16.1 Å². The van der Waals surface area contributed by atoms with Gasteiger partial charge in [-0.25, -0.2) is 0 Å². The van der Waals surface area contributed by atoms with Crippen molar-refractivity contribution in [3.63, 3.8) is 0 Å². The molecule has 1 heterocycles. The zero-order valence-electron chi connectivity index (χ0n) is 10.4. The molecule has 0 N–H and O–H groups in total. The summed E-state index contributed by atoms with van der Waals surface area (Å²) in [5.74, 6) is 0. The van der Waals surface area contributed by atoms with Crippen LogP contribution in [0.5, 0.6) is 0 Å². The van der Waals surface area contributed by atoms with Crippen LogP contribution in [0, 0.1) is 0 Å². The molecule has 0 amide bonds. The smallest absolute Gasteiger partial charge is 0.295 e. The lowest BCUT2D eigenvalue weighted by molar-refractivity contribution is -0.137. The largest absolute Gasteiger partial charge is 0.417 e. The van der Waals surface area contributed by atoms with Crippen molar-refractivity contribution in [1.29, 1.82) is 0 Å². The first kappa shape index (κ1) is 13.3. The van der Waals surface area contributed by atoms with Gasteiger partial charge in [-0.2, -0.15) is 13.2 Å². The Labute approximate surface area is 105 Å². The Morgan fingerprint density at radius 1 is 1.33 bits per heavy atom. The highest BCUT2D eigenvalue weighted by atomic mass is 19.4. The molecular weight excluding hydrogens is 241 g/mol. The fraction of sp³-hybridized carbons (Fsp3) is 0.615. The minimum Gasteiger partial charge on any atom is -0.295 e. The van der Waals surface area contributed by atoms with Gasteiger partial charge in [0, 0.05) is 18.8 Å². The number of hydrogen-bond donors (Lipinski definition) is 0. The van der Waals surface area contributed by atoms with Crippen LogP contribution in [0.4, 0.5) is 13.2 Å². The second-order valence-corrected chi connectivity index (χ2v) is 4.74. The average Bonchev–Trinajstić information content (AvgIpc) is 3.12. The molecule has 5 heteroatoms. The second-order valence-electron chi connectivity index (χ2n) is 4.74. The van der Waals surface area contributed by atoms with Crippen LogP contribution in [0.15, 0.2) is 18.3 Å². The number of pyridine rings is 1. The Balaban J connectivity index is 2.00. The van der Waals surface area contributed by atoms with E-state index in [1.807, 2.05) is 0 Å². The Hall–Kier alpha value is -1.10. The normalized spacial score (nSPS) is 16.3. The molecule has 100 valence electrons. The zero-order chi connectivity index (χ0) is 13.2. The number of halogens is 3. The lowest BCUT2D eigenvalue weighted by Crippen LogP contribution is -2.26. The highest BCUT2D eigenvalue weighted by Gasteiger charge is 2.31. The molecule has 0 spiro atoms. The first-order valence-corrected chi connectivity index (χ1v) is 6.27. The van der Waals surface area contributed by atoms with Crippen molar-refractivity contribution in [2.75, 3.05) is 6.54 Å². The lowest BCUT2D eigenvalue weighted by Gasteiger charge is -2.20. The van der Waals surface area contributed by atoms with E-state index in [0.29, 0.717) is 18.3 Å². The quantitative estimate of drug-likeness (QED) is 0.804. The van der Waals surface area contributed by atoms with Crippen molar-refractivity contribution in [2.24, 2.45) is 0 Å². The third-order valence-corrected chi connectivity index (χ3v) is 3.09. The maximum Gasteiger partial charge on any atom is 0.417 e. The van der Waals surface area contributed by atoms with Gasteiger partial charge in [-0.3, -0.25) is 9.88 Å². The van der Waals surface area contributed by atoms with Crippen LogP contribution in [0.25, 0.3) is 0 Å². The lowest BCUT2D eigenvalue weighted by atomic mass is 10.2. The van der Waals surface area contributed by atoms with E-state index < -0.39 is 11.7 Å². The number of aromatic nitrogens is 1. The molecule has 0 aliphatic heterocycles. The summed E-state index contributed by atoms with van der Waals surface area (Å²) < 4.78 is 37.2. The molecule has 1 aliphatic carbocycles. The van der Waals surface area contributed by atoms with Gasteiger partial charge >= 0.3 is 6.18 Å². The highest BCUT2D eigenvalue weighted by Crippen LogP contribution is 2.30. The van der Waals surface area contributed by atoms with Gasteiger partial charge in [0.05, 0.1) is 11.3 Å². The van der Waals surface area contributed by atoms with E-state index in [-0.39, 0.29) is 0 Å². The molecule has 1 aliphatic rings. The van der Waals surface area contributed by atoms with E-state index in [2.05, 4.69) is 16.8 Å². The molecule has 0 bridgehead atoms. The van der Waals surface area contributed by atoms with Crippen LogP contribution in [0.2, 0.25) is 0 Å². The molecular formula is C13H17F3N2. The second kappa shape index (κ2) is 5.26. The van der Waals surface area contributed by atoms with Gasteiger partial charge in [-0.15, -0.1) is 0 Å². The van der Waals surface area contributed by atoms with Crippen molar-refractivity contribution in [3.8, 4) is 0 Å². The van der Waals surface area contributed by atoms with Crippen molar-refractivity contribution in [1.82, 2.24) is 9.88 Å². The van der Waals surface area contributed by atoms with E-state index in [9.17, 15) is 13.2 Å². The molecule has 18 heavy (non-hydrogen) atoms. The monoisotopic (exact) mass is 258 g/mol. The molecule has 1 aromatic heterocycles. The Morgan fingerprint density at radius 2 is 2.06 bits per heavy atom. The third-order valence-electron chi connectivity index (χ3n) is 3.09. The van der Waals surface area contributed by atoms with Crippen LogP contribution in [-0.4, -0.2) is 22.5 Å². The zero-order valence-corrected chi connectivity index (χ0v) is 10.4. The maximum absolute atomic E-state index is 12.4. The summed E-state index contributed by atoms with van der Waals surface area (Å²) >= 11 is 0. The van der Waals surface area contributed by atoms with E-state index >= 15 is 0 Å². The van der Waals surface area contributed by atoms with Crippen molar-refractivity contribution in [3.05, 3.63) is 29.6 Å². The van der Waals surface area contributed by atoms with E-state index in [1.165, 1.54) is 18.9 Å². The van der Waals surface area contributed by atoms with Gasteiger partial charge in [0.2, 0.25) is 0 Å².